The Kier molecular flexibility index (Phi) is 4.12. The molecular weight excluding hydrogens is 368 g/mol. The predicted molar refractivity (Wildman–Crippen MR) is 108 cm³/mol. The molecule has 2 aliphatic rings. The molecule has 0 fully saturated rings. The van der Waals surface area contributed by atoms with Gasteiger partial charge in [-0.3, -0.25) is 4.79 Å². The molecule has 0 spiro atoms. The number of carbonyl (C=O) groups is 1. The number of pyridine rings is 1. The molecule has 0 unspecified atom stereocenters. The van der Waals surface area contributed by atoms with Crippen molar-refractivity contribution in [3.05, 3.63) is 77.5 Å². The fraction of sp³-hybridized carbons (Fsp3) is 0.217. The highest BCUT2D eigenvalue weighted by molar-refractivity contribution is 6.00. The van der Waals surface area contributed by atoms with Gasteiger partial charge in [0, 0.05) is 6.07 Å². The number of hydrogen-bond donors (Lipinski definition) is 1. The van der Waals surface area contributed by atoms with Crippen molar-refractivity contribution >= 4 is 11.6 Å². The fourth-order valence-corrected chi connectivity index (χ4v) is 4.13. The minimum Gasteiger partial charge on any atom is -0.481 e. The molecule has 146 valence electrons. The van der Waals surface area contributed by atoms with E-state index in [-0.39, 0.29) is 12.7 Å². The van der Waals surface area contributed by atoms with E-state index in [0.29, 0.717) is 35.9 Å². The van der Waals surface area contributed by atoms with Gasteiger partial charge in [0.05, 0.1) is 24.4 Å². The monoisotopic (exact) mass is 388 g/mol. The Labute approximate surface area is 168 Å². The van der Waals surface area contributed by atoms with Crippen molar-refractivity contribution in [3.8, 4) is 17.4 Å². The van der Waals surface area contributed by atoms with E-state index in [1.54, 1.807) is 25.4 Å². The lowest BCUT2D eigenvalue weighted by atomic mass is 9.76. The second-order valence-electron chi connectivity index (χ2n) is 7.32. The molecule has 1 aliphatic heterocycles. The van der Waals surface area contributed by atoms with E-state index in [1.807, 2.05) is 30.3 Å². The molecule has 3 aromatic rings. The highest BCUT2D eigenvalue weighted by Crippen LogP contribution is 2.44. The van der Waals surface area contributed by atoms with Crippen molar-refractivity contribution in [1.82, 2.24) is 4.98 Å². The summed E-state index contributed by atoms with van der Waals surface area (Å²) in [6.07, 6.45) is 2.85. The SMILES string of the molecule is COc1ccc(NC(=O)C2(c3ccc4c(c3)OCO4)Cc3ccccc3C2)cn1. The van der Waals surface area contributed by atoms with Crippen LogP contribution in [0.2, 0.25) is 0 Å². The average molecular weight is 388 g/mol. The number of methoxy groups -OCH3 is 1. The van der Waals surface area contributed by atoms with Crippen LogP contribution in [0.1, 0.15) is 16.7 Å². The molecule has 2 aromatic carbocycles. The minimum atomic E-state index is -0.732. The second kappa shape index (κ2) is 6.81. The summed E-state index contributed by atoms with van der Waals surface area (Å²) in [5.41, 5.74) is 3.19. The molecular formula is C23H20N2O4. The maximum atomic E-state index is 13.6. The summed E-state index contributed by atoms with van der Waals surface area (Å²) in [6, 6.07) is 17.5. The van der Waals surface area contributed by atoms with E-state index in [9.17, 15) is 4.79 Å². The molecule has 1 amide bonds. The predicted octanol–water partition coefficient (Wildman–Crippen LogP) is 3.49. The summed E-state index contributed by atoms with van der Waals surface area (Å²) in [5.74, 6) is 1.82. The molecule has 0 bridgehead atoms. The van der Waals surface area contributed by atoms with Crippen molar-refractivity contribution in [1.29, 1.82) is 0 Å². The van der Waals surface area contributed by atoms with Crippen LogP contribution in [0.15, 0.2) is 60.8 Å². The fourth-order valence-electron chi connectivity index (χ4n) is 4.13. The molecule has 1 aromatic heterocycles. The third-order valence-corrected chi connectivity index (χ3v) is 5.67. The Bertz CT molecular complexity index is 1050. The lowest BCUT2D eigenvalue weighted by Gasteiger charge is -2.28. The number of amides is 1. The van der Waals surface area contributed by atoms with Gasteiger partial charge in [-0.15, -0.1) is 0 Å². The van der Waals surface area contributed by atoms with Crippen LogP contribution >= 0.6 is 0 Å². The van der Waals surface area contributed by atoms with Crippen LogP contribution in [0.5, 0.6) is 17.4 Å². The van der Waals surface area contributed by atoms with Gasteiger partial charge in [0.25, 0.3) is 0 Å². The van der Waals surface area contributed by atoms with Gasteiger partial charge in [-0.25, -0.2) is 4.98 Å². The van der Waals surface area contributed by atoms with Crippen molar-refractivity contribution in [3.63, 3.8) is 0 Å². The molecule has 0 radical (unpaired) electrons. The van der Waals surface area contributed by atoms with Crippen molar-refractivity contribution in [2.24, 2.45) is 0 Å². The highest BCUT2D eigenvalue weighted by atomic mass is 16.7. The lowest BCUT2D eigenvalue weighted by molar-refractivity contribution is -0.121. The Morgan fingerprint density at radius 1 is 1.03 bits per heavy atom. The molecule has 1 N–H and O–H groups in total. The lowest BCUT2D eigenvalue weighted by Crippen LogP contribution is -2.41. The van der Waals surface area contributed by atoms with E-state index in [1.165, 1.54) is 11.1 Å². The van der Waals surface area contributed by atoms with Gasteiger partial charge in [-0.2, -0.15) is 0 Å². The molecule has 1 aliphatic carbocycles. The number of nitrogens with one attached hydrogen (secondary N) is 1. The van der Waals surface area contributed by atoms with Crippen molar-refractivity contribution in [2.75, 3.05) is 19.2 Å². The first kappa shape index (κ1) is 17.6. The molecule has 0 atom stereocenters. The Morgan fingerprint density at radius 2 is 1.79 bits per heavy atom. The van der Waals surface area contributed by atoms with Gasteiger partial charge in [-0.05, 0) is 47.7 Å². The number of ether oxygens (including phenoxy) is 3. The van der Waals surface area contributed by atoms with Crippen LogP contribution in [0.25, 0.3) is 0 Å². The van der Waals surface area contributed by atoms with E-state index in [4.69, 9.17) is 14.2 Å². The third-order valence-electron chi connectivity index (χ3n) is 5.67. The molecule has 5 rings (SSSR count). The van der Waals surface area contributed by atoms with Crippen LogP contribution in [0.3, 0.4) is 0 Å². The maximum Gasteiger partial charge on any atom is 0.235 e. The summed E-state index contributed by atoms with van der Waals surface area (Å²) in [7, 11) is 1.56. The molecule has 29 heavy (non-hydrogen) atoms. The number of anilines is 1. The van der Waals surface area contributed by atoms with E-state index < -0.39 is 5.41 Å². The second-order valence-corrected chi connectivity index (χ2v) is 7.32. The number of nitrogens with zero attached hydrogens (tertiary/aromatic N) is 1. The summed E-state index contributed by atoms with van der Waals surface area (Å²) < 4.78 is 16.1. The standard InChI is InChI=1S/C23H20N2O4/c1-27-21-9-7-18(13-24-21)25-22(26)23(11-15-4-2-3-5-16(15)12-23)17-6-8-19-20(10-17)29-14-28-19/h2-10,13H,11-12,14H2,1H3,(H,25,26). The van der Waals surface area contributed by atoms with Crippen LogP contribution in [0.4, 0.5) is 5.69 Å². The summed E-state index contributed by atoms with van der Waals surface area (Å²) >= 11 is 0. The van der Waals surface area contributed by atoms with Crippen LogP contribution in [-0.4, -0.2) is 24.8 Å². The normalized spacial score (nSPS) is 15.6. The first-order chi connectivity index (χ1) is 14.2. The molecule has 6 nitrogen and oxygen atoms in total. The number of rotatable bonds is 4. The van der Waals surface area contributed by atoms with Gasteiger partial charge >= 0.3 is 0 Å². The van der Waals surface area contributed by atoms with Crippen LogP contribution in [-0.2, 0) is 23.1 Å². The zero-order chi connectivity index (χ0) is 19.8. The zero-order valence-electron chi connectivity index (χ0n) is 16.0. The largest absolute Gasteiger partial charge is 0.481 e. The first-order valence-corrected chi connectivity index (χ1v) is 9.46. The average Bonchev–Trinajstić information content (AvgIpc) is 3.38. The maximum absolute atomic E-state index is 13.6. The number of benzene rings is 2. The minimum absolute atomic E-state index is 0.0699. The molecule has 0 saturated heterocycles. The first-order valence-electron chi connectivity index (χ1n) is 9.46. The Balaban J connectivity index is 1.53. The van der Waals surface area contributed by atoms with Gasteiger partial charge in [-0.1, -0.05) is 30.3 Å². The van der Waals surface area contributed by atoms with Gasteiger partial charge < -0.3 is 19.5 Å². The number of fused-ring (bicyclic) bond motifs is 2. The summed E-state index contributed by atoms with van der Waals surface area (Å²) in [4.78, 5) is 17.8. The third kappa shape index (κ3) is 2.97. The molecule has 0 saturated carbocycles. The smallest absolute Gasteiger partial charge is 0.235 e. The van der Waals surface area contributed by atoms with E-state index in [0.717, 1.165) is 5.56 Å². The summed E-state index contributed by atoms with van der Waals surface area (Å²) in [6.45, 7) is 0.204. The van der Waals surface area contributed by atoms with Gasteiger partial charge in [0.1, 0.15) is 0 Å². The van der Waals surface area contributed by atoms with Gasteiger partial charge in [0.2, 0.25) is 18.6 Å². The number of carbonyl (C=O) groups excluding carboxylic acids is 1. The van der Waals surface area contributed by atoms with Crippen molar-refractivity contribution in [2.45, 2.75) is 18.3 Å². The van der Waals surface area contributed by atoms with Gasteiger partial charge in [0.15, 0.2) is 11.5 Å². The Morgan fingerprint density at radius 3 is 2.48 bits per heavy atom. The summed E-state index contributed by atoms with van der Waals surface area (Å²) in [5, 5.41) is 3.05. The Hall–Kier alpha value is -3.54. The molecule has 2 heterocycles. The van der Waals surface area contributed by atoms with Crippen molar-refractivity contribution < 1.29 is 19.0 Å². The van der Waals surface area contributed by atoms with Crippen LogP contribution in [0, 0.1) is 0 Å². The topological polar surface area (TPSA) is 69.7 Å². The quantitative estimate of drug-likeness (QED) is 0.741. The van der Waals surface area contributed by atoms with E-state index >= 15 is 0 Å². The zero-order valence-corrected chi connectivity index (χ0v) is 16.0. The number of hydrogen-bond acceptors (Lipinski definition) is 5. The van der Waals surface area contributed by atoms with E-state index in [2.05, 4.69) is 22.4 Å². The highest BCUT2D eigenvalue weighted by Gasteiger charge is 2.45. The molecule has 6 heteroatoms. The number of aromatic nitrogens is 1. The van der Waals surface area contributed by atoms with Crippen LogP contribution < -0.4 is 19.5 Å².